The van der Waals surface area contributed by atoms with Crippen LogP contribution in [0.2, 0.25) is 0 Å². The van der Waals surface area contributed by atoms with Crippen molar-refractivity contribution in [3.8, 4) is 11.6 Å². The van der Waals surface area contributed by atoms with E-state index in [0.29, 0.717) is 48.5 Å². The number of hydrogen-bond donors (Lipinski definition) is 1. The fraction of sp³-hybridized carbons (Fsp3) is 0.261. The fourth-order valence-corrected chi connectivity index (χ4v) is 4.67. The topological polar surface area (TPSA) is 140 Å². The number of piperidine rings is 1. The maximum atomic E-state index is 12.7. The van der Waals surface area contributed by atoms with Crippen molar-refractivity contribution < 1.29 is 17.9 Å². The van der Waals surface area contributed by atoms with Gasteiger partial charge in [0.1, 0.15) is 23.4 Å². The van der Waals surface area contributed by atoms with Crippen LogP contribution in [0, 0.1) is 0 Å². The quantitative estimate of drug-likeness (QED) is 0.441. The van der Waals surface area contributed by atoms with Crippen LogP contribution in [-0.2, 0) is 9.84 Å². The Morgan fingerprint density at radius 3 is 2.54 bits per heavy atom. The van der Waals surface area contributed by atoms with Gasteiger partial charge in [0.05, 0.1) is 16.8 Å². The van der Waals surface area contributed by atoms with Gasteiger partial charge in [-0.2, -0.15) is 5.10 Å². The number of nitrogens with zero attached hydrogens (tertiary/aromatic N) is 5. The Bertz CT molecular complexity index is 1550. The molecule has 0 radical (unpaired) electrons. The van der Waals surface area contributed by atoms with Crippen LogP contribution in [0.3, 0.4) is 0 Å². The van der Waals surface area contributed by atoms with Crippen LogP contribution in [-0.4, -0.2) is 69.4 Å². The van der Waals surface area contributed by atoms with E-state index >= 15 is 0 Å². The van der Waals surface area contributed by atoms with E-state index in [4.69, 9.17) is 4.74 Å². The molecule has 0 bridgehead atoms. The highest BCUT2D eigenvalue weighted by Gasteiger charge is 2.27. The van der Waals surface area contributed by atoms with Gasteiger partial charge in [-0.1, -0.05) is 0 Å². The van der Waals surface area contributed by atoms with Gasteiger partial charge in [0.2, 0.25) is 5.88 Å². The van der Waals surface area contributed by atoms with Gasteiger partial charge >= 0.3 is 0 Å². The number of hydrogen-bond acceptors (Lipinski definition) is 8. The van der Waals surface area contributed by atoms with Crippen molar-refractivity contribution in [2.45, 2.75) is 23.8 Å². The first-order valence-corrected chi connectivity index (χ1v) is 12.8. The zero-order valence-corrected chi connectivity index (χ0v) is 19.6. The number of nitrogens with one attached hydrogen (secondary N) is 1. The summed E-state index contributed by atoms with van der Waals surface area (Å²) in [5.41, 5.74) is 0.904. The smallest absolute Gasteiger partial charge is 0.260 e. The van der Waals surface area contributed by atoms with Crippen LogP contribution in [0.5, 0.6) is 5.88 Å². The minimum Gasteiger partial charge on any atom is -0.474 e. The molecule has 1 amide bonds. The number of pyridine rings is 1. The molecule has 1 fully saturated rings. The molecular formula is C23H22N6O5S. The normalized spacial score (nSPS) is 14.8. The van der Waals surface area contributed by atoms with Crippen LogP contribution in [0.4, 0.5) is 0 Å². The number of carbonyl (C=O) groups excluding carboxylic acids is 1. The molecule has 4 heterocycles. The second-order valence-corrected chi connectivity index (χ2v) is 10.3. The third kappa shape index (κ3) is 4.52. The summed E-state index contributed by atoms with van der Waals surface area (Å²) in [4.78, 5) is 37.6. The molecule has 1 aliphatic heterocycles. The molecule has 180 valence electrons. The molecule has 11 nitrogen and oxygen atoms in total. The van der Waals surface area contributed by atoms with E-state index in [2.05, 4.69) is 20.1 Å². The van der Waals surface area contributed by atoms with Crippen molar-refractivity contribution in [1.82, 2.24) is 29.6 Å². The lowest BCUT2D eigenvalue weighted by Gasteiger charge is -2.31. The standard InChI is InChI=1S/C23H22N6O5S/c1-35(32,33)17-6-4-15(5-7-17)29-20-19(13-27-29)22(26-14-25-20)34-16-8-11-28(12-9-16)23(31)18-3-2-10-24-21(18)30/h2-7,10,13-14,16H,8-9,11-12H2,1H3,(H,24,30). The van der Waals surface area contributed by atoms with Crippen LogP contribution in [0.25, 0.3) is 16.7 Å². The third-order valence-corrected chi connectivity index (χ3v) is 7.02. The largest absolute Gasteiger partial charge is 0.474 e. The van der Waals surface area contributed by atoms with E-state index in [9.17, 15) is 18.0 Å². The molecule has 3 aromatic heterocycles. The molecule has 0 saturated carbocycles. The van der Waals surface area contributed by atoms with E-state index in [1.54, 1.807) is 34.0 Å². The van der Waals surface area contributed by atoms with Gasteiger partial charge < -0.3 is 14.6 Å². The van der Waals surface area contributed by atoms with Crippen LogP contribution in [0.1, 0.15) is 23.2 Å². The molecule has 1 saturated heterocycles. The van der Waals surface area contributed by atoms with Crippen LogP contribution < -0.4 is 10.3 Å². The number of aromatic amines is 1. The number of H-pyrrole nitrogens is 1. The number of benzene rings is 1. The molecule has 1 N–H and O–H groups in total. The van der Waals surface area contributed by atoms with E-state index in [1.807, 2.05) is 0 Å². The third-order valence-electron chi connectivity index (χ3n) is 5.89. The number of likely N-dealkylation sites (tertiary alicyclic amines) is 1. The van der Waals surface area contributed by atoms with E-state index in [-0.39, 0.29) is 22.5 Å². The average molecular weight is 495 g/mol. The summed E-state index contributed by atoms with van der Waals surface area (Å²) in [7, 11) is -3.30. The summed E-state index contributed by atoms with van der Waals surface area (Å²) in [6, 6.07) is 9.52. The number of carbonyl (C=O) groups is 1. The maximum absolute atomic E-state index is 12.7. The Kier molecular flexibility index (Phi) is 5.81. The Morgan fingerprint density at radius 1 is 1.11 bits per heavy atom. The highest BCUT2D eigenvalue weighted by molar-refractivity contribution is 7.90. The Hall–Kier alpha value is -4.06. The summed E-state index contributed by atoms with van der Waals surface area (Å²) in [5.74, 6) is 0.0937. The number of amides is 1. The number of aromatic nitrogens is 5. The second-order valence-electron chi connectivity index (χ2n) is 8.26. The number of sulfone groups is 1. The molecule has 0 atom stereocenters. The summed E-state index contributed by atoms with van der Waals surface area (Å²) in [5, 5.41) is 5.01. The minimum absolute atomic E-state index is 0.126. The van der Waals surface area contributed by atoms with Crippen molar-refractivity contribution in [1.29, 1.82) is 0 Å². The van der Waals surface area contributed by atoms with Gasteiger partial charge in [0.15, 0.2) is 15.5 Å². The predicted octanol–water partition coefficient (Wildman–Crippen LogP) is 1.59. The van der Waals surface area contributed by atoms with E-state index in [1.165, 1.54) is 30.7 Å². The van der Waals surface area contributed by atoms with E-state index in [0.717, 1.165) is 6.26 Å². The molecule has 1 aromatic carbocycles. The van der Waals surface area contributed by atoms with Crippen molar-refractivity contribution >= 4 is 26.8 Å². The van der Waals surface area contributed by atoms with Gasteiger partial charge in [-0.3, -0.25) is 9.59 Å². The zero-order chi connectivity index (χ0) is 24.6. The molecule has 12 heteroatoms. The first kappa shape index (κ1) is 22.7. The number of rotatable bonds is 5. The molecule has 35 heavy (non-hydrogen) atoms. The predicted molar refractivity (Wildman–Crippen MR) is 126 cm³/mol. The summed E-state index contributed by atoms with van der Waals surface area (Å²) in [6.45, 7) is 0.913. The fourth-order valence-electron chi connectivity index (χ4n) is 4.03. The summed E-state index contributed by atoms with van der Waals surface area (Å²) in [6.07, 6.45) is 6.66. The summed E-state index contributed by atoms with van der Waals surface area (Å²) >= 11 is 0. The average Bonchev–Trinajstić information content (AvgIpc) is 3.29. The zero-order valence-electron chi connectivity index (χ0n) is 18.8. The maximum Gasteiger partial charge on any atom is 0.260 e. The van der Waals surface area contributed by atoms with Crippen molar-refractivity contribution in [2.75, 3.05) is 19.3 Å². The lowest BCUT2D eigenvalue weighted by atomic mass is 10.1. The van der Waals surface area contributed by atoms with Gasteiger partial charge in [-0.25, -0.2) is 23.1 Å². The Balaban J connectivity index is 1.30. The highest BCUT2D eigenvalue weighted by Crippen LogP contribution is 2.26. The van der Waals surface area contributed by atoms with Gasteiger partial charge in [0.25, 0.3) is 11.5 Å². The molecule has 4 aromatic rings. The number of ether oxygens (including phenoxy) is 1. The molecule has 1 aliphatic rings. The summed E-state index contributed by atoms with van der Waals surface area (Å²) < 4.78 is 31.2. The Morgan fingerprint density at radius 2 is 1.86 bits per heavy atom. The van der Waals surface area contributed by atoms with Gasteiger partial charge in [-0.05, 0) is 36.4 Å². The van der Waals surface area contributed by atoms with Crippen LogP contribution in [0.15, 0.2) is 64.8 Å². The van der Waals surface area contributed by atoms with Crippen molar-refractivity contribution in [3.63, 3.8) is 0 Å². The SMILES string of the molecule is CS(=O)(=O)c1ccc(-n2ncc3c(OC4CCN(C(=O)c5ccc[nH]c5=O)CC4)ncnc32)cc1. The second kappa shape index (κ2) is 8.95. The molecular weight excluding hydrogens is 472 g/mol. The number of fused-ring (bicyclic) bond motifs is 1. The molecule has 0 unspecified atom stereocenters. The van der Waals surface area contributed by atoms with Crippen LogP contribution >= 0.6 is 0 Å². The molecule has 0 aliphatic carbocycles. The van der Waals surface area contributed by atoms with E-state index < -0.39 is 15.4 Å². The minimum atomic E-state index is -3.30. The van der Waals surface area contributed by atoms with Gasteiger partial charge in [0, 0.05) is 38.4 Å². The lowest BCUT2D eigenvalue weighted by molar-refractivity contribution is 0.0589. The van der Waals surface area contributed by atoms with Crippen molar-refractivity contribution in [3.05, 3.63) is 71.0 Å². The Labute approximate surface area is 200 Å². The first-order chi connectivity index (χ1) is 16.8. The lowest BCUT2D eigenvalue weighted by Crippen LogP contribution is -2.43. The van der Waals surface area contributed by atoms with Gasteiger partial charge in [-0.15, -0.1) is 0 Å². The molecule has 0 spiro atoms. The highest BCUT2D eigenvalue weighted by atomic mass is 32.2. The first-order valence-electron chi connectivity index (χ1n) is 10.9. The van der Waals surface area contributed by atoms with Crippen molar-refractivity contribution in [2.24, 2.45) is 0 Å². The monoisotopic (exact) mass is 494 g/mol. The molecule has 5 rings (SSSR count).